The van der Waals surface area contributed by atoms with Crippen LogP contribution in [0.2, 0.25) is 0 Å². The number of nitrogens with two attached hydrogens (primary N) is 1. The predicted molar refractivity (Wildman–Crippen MR) is 78.8 cm³/mol. The Balaban J connectivity index is 3.10. The molecule has 0 saturated heterocycles. The normalized spacial score (nSPS) is 12.8. The molecule has 0 radical (unpaired) electrons. The van der Waals surface area contributed by atoms with Crippen LogP contribution in [0.1, 0.15) is 25.5 Å². The van der Waals surface area contributed by atoms with Crippen molar-refractivity contribution in [3.8, 4) is 11.5 Å². The van der Waals surface area contributed by atoms with Crippen LogP contribution in [0.4, 0.5) is 0 Å². The Bertz CT molecular complexity index is 394. The number of rotatable bonds is 7. The van der Waals surface area contributed by atoms with E-state index in [1.165, 1.54) is 0 Å². The first-order valence-corrected chi connectivity index (χ1v) is 6.66. The van der Waals surface area contributed by atoms with Crippen molar-refractivity contribution in [1.29, 1.82) is 0 Å². The van der Waals surface area contributed by atoms with Crippen LogP contribution in [0.15, 0.2) is 18.2 Å². The minimum absolute atomic E-state index is 0.132. The van der Waals surface area contributed by atoms with Gasteiger partial charge in [0.1, 0.15) is 0 Å². The summed E-state index contributed by atoms with van der Waals surface area (Å²) in [6.07, 6.45) is 0. The van der Waals surface area contributed by atoms with Crippen molar-refractivity contribution in [2.45, 2.75) is 19.9 Å². The molecule has 0 aromatic heterocycles. The van der Waals surface area contributed by atoms with Gasteiger partial charge >= 0.3 is 0 Å². The van der Waals surface area contributed by atoms with Crippen molar-refractivity contribution in [3.05, 3.63) is 23.8 Å². The highest BCUT2D eigenvalue weighted by molar-refractivity contribution is 5.48. The fourth-order valence-electron chi connectivity index (χ4n) is 2.42. The van der Waals surface area contributed by atoms with Gasteiger partial charge in [-0.2, -0.15) is 0 Å². The van der Waals surface area contributed by atoms with Crippen molar-refractivity contribution in [3.63, 3.8) is 0 Å². The fourth-order valence-corrected chi connectivity index (χ4v) is 2.42. The molecule has 0 aliphatic carbocycles. The zero-order chi connectivity index (χ0) is 14.4. The van der Waals surface area contributed by atoms with E-state index in [9.17, 15) is 0 Å². The first kappa shape index (κ1) is 15.8. The molecular weight excluding hydrogens is 240 g/mol. The van der Waals surface area contributed by atoms with E-state index in [2.05, 4.69) is 31.9 Å². The van der Waals surface area contributed by atoms with E-state index in [4.69, 9.17) is 15.2 Å². The number of benzene rings is 1. The molecular formula is C15H26N2O2. The number of para-hydroxylation sites is 1. The molecule has 0 heterocycles. The Kier molecular flexibility index (Phi) is 6.12. The molecule has 4 nitrogen and oxygen atoms in total. The summed E-state index contributed by atoms with van der Waals surface area (Å²) in [7, 11) is 5.41. The van der Waals surface area contributed by atoms with Gasteiger partial charge in [-0.25, -0.2) is 0 Å². The molecule has 2 N–H and O–H groups in total. The molecule has 0 saturated carbocycles. The first-order valence-electron chi connectivity index (χ1n) is 6.66. The maximum absolute atomic E-state index is 5.96. The molecule has 108 valence electrons. The molecule has 1 aromatic rings. The highest BCUT2D eigenvalue weighted by Gasteiger charge is 2.22. The molecule has 1 atom stereocenters. The van der Waals surface area contributed by atoms with Crippen molar-refractivity contribution in [2.24, 2.45) is 11.7 Å². The lowest BCUT2D eigenvalue weighted by Crippen LogP contribution is -2.33. The summed E-state index contributed by atoms with van der Waals surface area (Å²) in [6.45, 7) is 5.94. The Morgan fingerprint density at radius 2 is 1.89 bits per heavy atom. The smallest absolute Gasteiger partial charge is 0.165 e. The lowest BCUT2D eigenvalue weighted by atomic mass is 10.0. The first-order chi connectivity index (χ1) is 9.04. The molecule has 4 heteroatoms. The summed E-state index contributed by atoms with van der Waals surface area (Å²) in [5.41, 5.74) is 7.03. The second-order valence-corrected chi connectivity index (χ2v) is 5.17. The van der Waals surface area contributed by atoms with E-state index in [1.807, 2.05) is 12.1 Å². The average Bonchev–Trinajstić information content (AvgIpc) is 2.38. The minimum Gasteiger partial charge on any atom is -0.493 e. The Hall–Kier alpha value is -1.26. The zero-order valence-electron chi connectivity index (χ0n) is 12.6. The third-order valence-corrected chi connectivity index (χ3v) is 3.20. The van der Waals surface area contributed by atoms with Crippen LogP contribution in [0.5, 0.6) is 11.5 Å². The van der Waals surface area contributed by atoms with Crippen molar-refractivity contribution >= 4 is 0 Å². The zero-order valence-corrected chi connectivity index (χ0v) is 12.6. The molecule has 1 aromatic carbocycles. The standard InChI is InChI=1S/C15H26N2O2/c1-11(2)10-17(3)13(9-16)12-7-6-8-14(18-4)15(12)19-5/h6-8,11,13H,9-10,16H2,1-5H3. The molecule has 1 rings (SSSR count). The fraction of sp³-hybridized carbons (Fsp3) is 0.600. The Morgan fingerprint density at radius 3 is 2.37 bits per heavy atom. The summed E-state index contributed by atoms with van der Waals surface area (Å²) in [5.74, 6) is 2.11. The van der Waals surface area contributed by atoms with Gasteiger partial charge < -0.3 is 15.2 Å². The van der Waals surface area contributed by atoms with Gasteiger partial charge in [-0.1, -0.05) is 26.0 Å². The van der Waals surface area contributed by atoms with Gasteiger partial charge in [-0.3, -0.25) is 4.90 Å². The van der Waals surface area contributed by atoms with Gasteiger partial charge in [0.05, 0.1) is 20.3 Å². The average molecular weight is 266 g/mol. The van der Waals surface area contributed by atoms with E-state index < -0.39 is 0 Å². The van der Waals surface area contributed by atoms with Crippen LogP contribution in [-0.2, 0) is 0 Å². The molecule has 0 amide bonds. The highest BCUT2D eigenvalue weighted by atomic mass is 16.5. The summed E-state index contributed by atoms with van der Waals surface area (Å²) < 4.78 is 10.8. The number of nitrogens with zero attached hydrogens (tertiary/aromatic N) is 1. The number of likely N-dealkylation sites (N-methyl/N-ethyl adjacent to an activating group) is 1. The van der Waals surface area contributed by atoms with Crippen LogP contribution < -0.4 is 15.2 Å². The Labute approximate surface area is 116 Å². The third-order valence-electron chi connectivity index (χ3n) is 3.20. The summed E-state index contributed by atoms with van der Waals surface area (Å²) in [6, 6.07) is 6.06. The topological polar surface area (TPSA) is 47.7 Å². The van der Waals surface area contributed by atoms with E-state index in [1.54, 1.807) is 14.2 Å². The van der Waals surface area contributed by atoms with Crippen molar-refractivity contribution in [2.75, 3.05) is 34.4 Å². The number of ether oxygens (including phenoxy) is 2. The molecule has 0 aliphatic rings. The van der Waals surface area contributed by atoms with E-state index in [0.717, 1.165) is 23.6 Å². The third kappa shape index (κ3) is 3.85. The van der Waals surface area contributed by atoms with E-state index in [-0.39, 0.29) is 6.04 Å². The molecule has 0 fully saturated rings. The van der Waals surface area contributed by atoms with Gasteiger partial charge in [-0.15, -0.1) is 0 Å². The summed E-state index contributed by atoms with van der Waals surface area (Å²) >= 11 is 0. The van der Waals surface area contributed by atoms with Crippen molar-refractivity contribution < 1.29 is 9.47 Å². The number of hydrogen-bond acceptors (Lipinski definition) is 4. The molecule has 0 aliphatic heterocycles. The van der Waals surface area contributed by atoms with Crippen LogP contribution in [0, 0.1) is 5.92 Å². The van der Waals surface area contributed by atoms with E-state index >= 15 is 0 Å². The van der Waals surface area contributed by atoms with E-state index in [0.29, 0.717) is 12.5 Å². The van der Waals surface area contributed by atoms with Gasteiger partial charge in [0, 0.05) is 18.7 Å². The number of hydrogen-bond donors (Lipinski definition) is 1. The van der Waals surface area contributed by atoms with Gasteiger partial charge in [0.25, 0.3) is 0 Å². The molecule has 1 unspecified atom stereocenters. The SMILES string of the molecule is COc1cccc(C(CN)N(C)CC(C)C)c1OC. The van der Waals surface area contributed by atoms with Crippen LogP contribution in [0.3, 0.4) is 0 Å². The van der Waals surface area contributed by atoms with Crippen LogP contribution >= 0.6 is 0 Å². The molecule has 19 heavy (non-hydrogen) atoms. The van der Waals surface area contributed by atoms with Gasteiger partial charge in [0.15, 0.2) is 11.5 Å². The lowest BCUT2D eigenvalue weighted by Gasteiger charge is -2.30. The molecule has 0 bridgehead atoms. The van der Waals surface area contributed by atoms with Gasteiger partial charge in [-0.05, 0) is 19.0 Å². The highest BCUT2D eigenvalue weighted by Crippen LogP contribution is 2.36. The second kappa shape index (κ2) is 7.36. The lowest BCUT2D eigenvalue weighted by molar-refractivity contribution is 0.218. The maximum atomic E-state index is 5.96. The quantitative estimate of drug-likeness (QED) is 0.822. The van der Waals surface area contributed by atoms with Crippen LogP contribution in [-0.4, -0.2) is 39.3 Å². The predicted octanol–water partition coefficient (Wildman–Crippen LogP) is 2.29. The minimum atomic E-state index is 0.132. The number of methoxy groups -OCH3 is 2. The largest absolute Gasteiger partial charge is 0.493 e. The summed E-state index contributed by atoms with van der Waals surface area (Å²) in [5, 5.41) is 0. The Morgan fingerprint density at radius 1 is 1.21 bits per heavy atom. The molecule has 0 spiro atoms. The second-order valence-electron chi connectivity index (χ2n) is 5.17. The van der Waals surface area contributed by atoms with Crippen molar-refractivity contribution in [1.82, 2.24) is 4.90 Å². The van der Waals surface area contributed by atoms with Crippen LogP contribution in [0.25, 0.3) is 0 Å². The maximum Gasteiger partial charge on any atom is 0.165 e. The summed E-state index contributed by atoms with van der Waals surface area (Å²) in [4.78, 5) is 2.27. The van der Waals surface area contributed by atoms with Gasteiger partial charge in [0.2, 0.25) is 0 Å². The monoisotopic (exact) mass is 266 g/mol.